The summed E-state index contributed by atoms with van der Waals surface area (Å²) >= 11 is 0. The van der Waals surface area contributed by atoms with Crippen LogP contribution in [0.5, 0.6) is 0 Å². The van der Waals surface area contributed by atoms with Crippen LogP contribution in [0.2, 0.25) is 0 Å². The Balaban J connectivity index is 1.86. The molecule has 554 valence electrons. The van der Waals surface area contributed by atoms with Gasteiger partial charge in [-0.25, -0.2) is 0 Å². The Labute approximate surface area is 581 Å². The van der Waals surface area contributed by atoms with E-state index in [1.54, 1.807) is 6.08 Å². The summed E-state index contributed by atoms with van der Waals surface area (Å²) in [4.78, 5) is 25.2. The number of nitrogens with one attached hydrogen (secondary N) is 1. The van der Waals surface area contributed by atoms with Gasteiger partial charge in [0.15, 0.2) is 6.29 Å². The number of hydrogen-bond donors (Lipinski definition) is 6. The molecular formula is C83H157NO10. The van der Waals surface area contributed by atoms with Crippen LogP contribution in [0.1, 0.15) is 418 Å². The Morgan fingerprint density at radius 2 is 0.691 bits per heavy atom. The highest BCUT2D eigenvalue weighted by Crippen LogP contribution is 2.24. The molecule has 6 N–H and O–H groups in total. The topological polar surface area (TPSA) is 175 Å². The van der Waals surface area contributed by atoms with E-state index in [1.165, 1.54) is 327 Å². The number of ether oxygens (including phenoxy) is 3. The number of allylic oxidation sites excluding steroid dienone is 5. The van der Waals surface area contributed by atoms with Crippen molar-refractivity contribution in [3.63, 3.8) is 0 Å². The number of rotatable bonds is 74. The van der Waals surface area contributed by atoms with Gasteiger partial charge in [0.25, 0.3) is 0 Å². The number of aliphatic hydroxyl groups is 5. The van der Waals surface area contributed by atoms with Crippen molar-refractivity contribution in [2.75, 3.05) is 19.8 Å². The van der Waals surface area contributed by atoms with Gasteiger partial charge in [-0.3, -0.25) is 9.59 Å². The molecule has 1 aliphatic rings. The van der Waals surface area contributed by atoms with Crippen LogP contribution in [0.25, 0.3) is 0 Å². The third-order valence-corrected chi connectivity index (χ3v) is 19.7. The second-order valence-electron chi connectivity index (χ2n) is 28.8. The van der Waals surface area contributed by atoms with Crippen molar-refractivity contribution in [1.82, 2.24) is 5.32 Å². The van der Waals surface area contributed by atoms with E-state index in [9.17, 15) is 35.1 Å². The highest BCUT2D eigenvalue weighted by molar-refractivity contribution is 5.76. The smallest absolute Gasteiger partial charge is 0.305 e. The first-order valence-electron chi connectivity index (χ1n) is 41.3. The summed E-state index contributed by atoms with van der Waals surface area (Å²) < 4.78 is 16.8. The molecule has 1 aliphatic heterocycles. The average Bonchev–Trinajstić information content (AvgIpc) is 0.832. The van der Waals surface area contributed by atoms with Crippen LogP contribution < -0.4 is 5.32 Å². The van der Waals surface area contributed by atoms with E-state index in [2.05, 4.69) is 43.5 Å². The summed E-state index contributed by atoms with van der Waals surface area (Å²) in [6.45, 7) is 4.33. The fraction of sp³-hybridized carbons (Fsp3) is 0.904. The van der Waals surface area contributed by atoms with Gasteiger partial charge in [-0.15, -0.1) is 0 Å². The second kappa shape index (κ2) is 72.1. The van der Waals surface area contributed by atoms with E-state index in [4.69, 9.17) is 14.2 Å². The average molecular weight is 1330 g/mol. The summed E-state index contributed by atoms with van der Waals surface area (Å²) in [5, 5.41) is 54.5. The normalized spacial score (nSPS) is 17.5. The Morgan fingerprint density at radius 3 is 1.04 bits per heavy atom. The van der Waals surface area contributed by atoms with Crippen LogP contribution in [0.4, 0.5) is 0 Å². The molecule has 11 heteroatoms. The lowest BCUT2D eigenvalue weighted by molar-refractivity contribution is -0.302. The lowest BCUT2D eigenvalue weighted by Crippen LogP contribution is -2.60. The van der Waals surface area contributed by atoms with E-state index >= 15 is 0 Å². The van der Waals surface area contributed by atoms with Gasteiger partial charge >= 0.3 is 5.97 Å². The van der Waals surface area contributed by atoms with Crippen LogP contribution >= 0.6 is 0 Å². The first kappa shape index (κ1) is 89.9. The SMILES string of the molecule is CCCC/C=C/CC/C=C/CC/C=C/C(O)C(COC1OC(CO)C(O)C(O)C1O)NC(=O)CCCCCCCCCCCCCCCCCCCCCCCCCCCCCCCCCCCCCCCCCOC(=O)CCCCCCCCCCCCCCCCC. The van der Waals surface area contributed by atoms with Gasteiger partial charge in [0.2, 0.25) is 5.91 Å². The van der Waals surface area contributed by atoms with Crippen molar-refractivity contribution >= 4 is 11.9 Å². The van der Waals surface area contributed by atoms with Crippen LogP contribution in [0.3, 0.4) is 0 Å². The molecule has 0 saturated carbocycles. The third-order valence-electron chi connectivity index (χ3n) is 19.7. The Bertz CT molecular complexity index is 1660. The fourth-order valence-electron chi connectivity index (χ4n) is 13.3. The maximum absolute atomic E-state index is 13.1. The molecule has 1 saturated heterocycles. The minimum atomic E-state index is -1.58. The van der Waals surface area contributed by atoms with Gasteiger partial charge in [-0.05, 0) is 51.4 Å². The molecule has 0 spiro atoms. The Hall–Kier alpha value is -2.12. The first-order chi connectivity index (χ1) is 46.2. The molecule has 94 heavy (non-hydrogen) atoms. The summed E-state index contributed by atoms with van der Waals surface area (Å²) in [5.74, 6) is -0.168. The first-order valence-corrected chi connectivity index (χ1v) is 41.3. The van der Waals surface area contributed by atoms with Crippen molar-refractivity contribution < 1.29 is 49.3 Å². The number of amides is 1. The van der Waals surface area contributed by atoms with Crippen LogP contribution in [-0.2, 0) is 23.8 Å². The zero-order valence-corrected chi connectivity index (χ0v) is 62.0. The lowest BCUT2D eigenvalue weighted by atomic mass is 9.99. The predicted octanol–water partition coefficient (Wildman–Crippen LogP) is 22.5. The van der Waals surface area contributed by atoms with E-state index in [0.717, 1.165) is 64.2 Å². The van der Waals surface area contributed by atoms with Gasteiger partial charge in [0.05, 0.1) is 32.0 Å². The zero-order valence-electron chi connectivity index (χ0n) is 62.0. The molecule has 7 unspecified atom stereocenters. The third kappa shape index (κ3) is 59.9. The number of carbonyl (C=O) groups is 2. The van der Waals surface area contributed by atoms with Crippen LogP contribution in [0, 0.1) is 0 Å². The van der Waals surface area contributed by atoms with Crippen molar-refractivity contribution in [1.29, 1.82) is 0 Å². The summed E-state index contributed by atoms with van der Waals surface area (Å²) in [6, 6.07) is -0.830. The molecule has 7 atom stereocenters. The Morgan fingerprint density at radius 1 is 0.383 bits per heavy atom. The maximum Gasteiger partial charge on any atom is 0.305 e. The van der Waals surface area contributed by atoms with E-state index in [1.807, 2.05) is 6.08 Å². The van der Waals surface area contributed by atoms with Crippen molar-refractivity contribution in [2.24, 2.45) is 0 Å². The van der Waals surface area contributed by atoms with Crippen LogP contribution in [0.15, 0.2) is 36.5 Å². The molecule has 1 rings (SSSR count). The van der Waals surface area contributed by atoms with Crippen LogP contribution in [-0.4, -0.2) is 100 Å². The number of aliphatic hydroxyl groups excluding tert-OH is 5. The predicted molar refractivity (Wildman–Crippen MR) is 398 cm³/mol. The van der Waals surface area contributed by atoms with E-state index in [-0.39, 0.29) is 18.5 Å². The van der Waals surface area contributed by atoms with Crippen molar-refractivity contribution in [3.8, 4) is 0 Å². The molecule has 0 bridgehead atoms. The van der Waals surface area contributed by atoms with E-state index in [0.29, 0.717) is 19.4 Å². The largest absolute Gasteiger partial charge is 0.466 e. The van der Waals surface area contributed by atoms with Gasteiger partial charge in [0.1, 0.15) is 24.4 Å². The molecule has 1 heterocycles. The number of esters is 1. The summed E-state index contributed by atoms with van der Waals surface area (Å²) in [5.41, 5.74) is 0. The molecule has 11 nitrogen and oxygen atoms in total. The zero-order chi connectivity index (χ0) is 67.9. The highest BCUT2D eigenvalue weighted by atomic mass is 16.7. The summed E-state index contributed by atoms with van der Waals surface area (Å²) in [7, 11) is 0. The maximum atomic E-state index is 13.1. The van der Waals surface area contributed by atoms with E-state index < -0.39 is 49.5 Å². The molecule has 0 radical (unpaired) electrons. The lowest BCUT2D eigenvalue weighted by Gasteiger charge is -2.40. The fourth-order valence-corrected chi connectivity index (χ4v) is 13.3. The Kier molecular flexibility index (Phi) is 69.0. The molecule has 1 amide bonds. The standard InChI is InChI=1S/C83H157NO10/c1-3-5-7-9-11-13-15-17-43-47-51-55-59-63-67-71-79(88)92-72-68-64-60-56-52-48-45-42-40-38-36-34-32-30-28-26-24-22-20-18-19-21-23-25-27-29-31-33-35-37-39-41-44-46-50-54-58-62-66-70-78(87)84-75(74-93-83-82(91)81(90)80(89)77(73-85)94-83)76(86)69-65-61-57-53-49-16-14-12-10-8-6-4-2/h10,12,49,53,65,69,75-77,80-83,85-86,89-91H,3-9,11,13-48,50-52,54-64,66-68,70-74H2,1-2H3,(H,84,87)/b12-10+,53-49+,69-65+. The molecule has 0 aromatic carbocycles. The van der Waals surface area contributed by atoms with Gasteiger partial charge in [-0.2, -0.15) is 0 Å². The number of hydrogen-bond acceptors (Lipinski definition) is 10. The summed E-state index contributed by atoms with van der Waals surface area (Å²) in [6.07, 6.45) is 84.9. The number of unbranched alkanes of at least 4 members (excludes halogenated alkanes) is 56. The molecule has 0 aromatic rings. The monoisotopic (exact) mass is 1330 g/mol. The van der Waals surface area contributed by atoms with Gasteiger partial charge in [-0.1, -0.05) is 391 Å². The molecule has 0 aromatic heterocycles. The van der Waals surface area contributed by atoms with Crippen molar-refractivity contribution in [3.05, 3.63) is 36.5 Å². The van der Waals surface area contributed by atoms with Gasteiger partial charge < -0.3 is 45.1 Å². The highest BCUT2D eigenvalue weighted by Gasteiger charge is 2.44. The van der Waals surface area contributed by atoms with Gasteiger partial charge in [0, 0.05) is 12.8 Å². The number of carbonyl (C=O) groups excluding carboxylic acids is 2. The molecule has 1 fully saturated rings. The van der Waals surface area contributed by atoms with Crippen molar-refractivity contribution in [2.45, 2.75) is 461 Å². The minimum absolute atomic E-state index is 0.0218. The minimum Gasteiger partial charge on any atom is -0.466 e. The molecule has 0 aliphatic carbocycles. The quantitative estimate of drug-likeness (QED) is 0.0195. The second-order valence-corrected chi connectivity index (χ2v) is 28.8. The molecular weight excluding hydrogens is 1170 g/mol.